The Kier molecular flexibility index (Phi) is 5.29. The number of nitrogens with one attached hydrogen (secondary N) is 1. The van der Waals surface area contributed by atoms with E-state index >= 15 is 0 Å². The van der Waals surface area contributed by atoms with Gasteiger partial charge >= 0.3 is 0 Å². The molecule has 0 fully saturated rings. The number of nitrogens with zero attached hydrogens (tertiary/aromatic N) is 1. The molecule has 138 valence electrons. The van der Waals surface area contributed by atoms with Crippen LogP contribution in [0.3, 0.4) is 0 Å². The Morgan fingerprint density at radius 2 is 1.96 bits per heavy atom. The van der Waals surface area contributed by atoms with Crippen molar-refractivity contribution in [2.75, 3.05) is 20.2 Å². The molecular formula is C19H22N2O4S. The highest BCUT2D eigenvalue weighted by molar-refractivity contribution is 7.89. The highest BCUT2D eigenvalue weighted by atomic mass is 32.2. The minimum absolute atomic E-state index is 0.110. The molecule has 0 unspecified atom stereocenters. The van der Waals surface area contributed by atoms with Crippen molar-refractivity contribution in [3.8, 4) is 5.75 Å². The molecule has 3 rings (SSSR count). The topological polar surface area (TPSA) is 75.7 Å². The first-order valence-corrected chi connectivity index (χ1v) is 10.0. The van der Waals surface area contributed by atoms with Crippen molar-refractivity contribution in [1.82, 2.24) is 9.62 Å². The standard InChI is InChI=1S/C19H22N2O4S/c1-3-25-17-9-5-4-8-16(17)19(22)21-12-11-15-14(13-21)7-6-10-18(15)26(23,24)20-2/h4-10,20H,3,11-13H2,1-2H3. The number of hydrogen-bond donors (Lipinski definition) is 1. The van der Waals surface area contributed by atoms with Crippen molar-refractivity contribution in [2.45, 2.75) is 24.8 Å². The molecule has 0 saturated heterocycles. The third-order valence-electron chi connectivity index (χ3n) is 4.49. The van der Waals surface area contributed by atoms with Gasteiger partial charge in [-0.15, -0.1) is 0 Å². The first-order valence-electron chi connectivity index (χ1n) is 8.53. The molecule has 1 aliphatic rings. The number of amides is 1. The van der Waals surface area contributed by atoms with Gasteiger partial charge in [-0.1, -0.05) is 24.3 Å². The molecule has 2 aromatic rings. The van der Waals surface area contributed by atoms with Crippen molar-refractivity contribution in [2.24, 2.45) is 0 Å². The summed E-state index contributed by atoms with van der Waals surface area (Å²) in [6.07, 6.45) is 0.495. The number of carbonyl (C=O) groups excluding carboxylic acids is 1. The number of ether oxygens (including phenoxy) is 1. The summed E-state index contributed by atoms with van der Waals surface area (Å²) < 4.78 is 32.4. The van der Waals surface area contributed by atoms with Gasteiger partial charge in [0.2, 0.25) is 10.0 Å². The molecule has 0 aliphatic carbocycles. The van der Waals surface area contributed by atoms with Gasteiger partial charge in [0.25, 0.3) is 5.91 Å². The van der Waals surface area contributed by atoms with E-state index in [2.05, 4.69) is 4.72 Å². The fourth-order valence-electron chi connectivity index (χ4n) is 3.20. The third kappa shape index (κ3) is 3.45. The maximum atomic E-state index is 13.0. The molecule has 0 saturated carbocycles. The maximum Gasteiger partial charge on any atom is 0.257 e. The molecule has 0 atom stereocenters. The number of carbonyl (C=O) groups is 1. The Bertz CT molecular complexity index is 925. The van der Waals surface area contributed by atoms with Crippen molar-refractivity contribution >= 4 is 15.9 Å². The summed E-state index contributed by atoms with van der Waals surface area (Å²) in [5.74, 6) is 0.457. The highest BCUT2D eigenvalue weighted by Gasteiger charge is 2.27. The molecule has 7 heteroatoms. The lowest BCUT2D eigenvalue weighted by molar-refractivity contribution is 0.0730. The highest BCUT2D eigenvalue weighted by Crippen LogP contribution is 2.28. The van der Waals surface area contributed by atoms with Gasteiger partial charge in [-0.2, -0.15) is 0 Å². The van der Waals surface area contributed by atoms with E-state index in [4.69, 9.17) is 4.74 Å². The first-order chi connectivity index (χ1) is 12.5. The van der Waals surface area contributed by atoms with Crippen molar-refractivity contribution in [3.05, 3.63) is 59.2 Å². The predicted octanol–water partition coefficient (Wildman–Crippen LogP) is 2.19. The van der Waals surface area contributed by atoms with Crippen LogP contribution in [0.4, 0.5) is 0 Å². The predicted molar refractivity (Wildman–Crippen MR) is 98.7 cm³/mol. The van der Waals surface area contributed by atoms with Crippen molar-refractivity contribution in [1.29, 1.82) is 0 Å². The van der Waals surface area contributed by atoms with Gasteiger partial charge in [0.15, 0.2) is 0 Å². The van der Waals surface area contributed by atoms with Crippen LogP contribution >= 0.6 is 0 Å². The van der Waals surface area contributed by atoms with Gasteiger partial charge in [-0.25, -0.2) is 13.1 Å². The molecule has 1 N–H and O–H groups in total. The maximum absolute atomic E-state index is 13.0. The summed E-state index contributed by atoms with van der Waals surface area (Å²) in [6.45, 7) is 3.20. The Labute approximate surface area is 153 Å². The lowest BCUT2D eigenvalue weighted by atomic mass is 9.99. The van der Waals surface area contributed by atoms with Crippen LogP contribution in [0.25, 0.3) is 0 Å². The van der Waals surface area contributed by atoms with E-state index in [9.17, 15) is 13.2 Å². The monoisotopic (exact) mass is 374 g/mol. The lowest BCUT2D eigenvalue weighted by Gasteiger charge is -2.30. The van der Waals surface area contributed by atoms with E-state index in [-0.39, 0.29) is 5.91 Å². The second-order valence-corrected chi connectivity index (χ2v) is 7.86. The van der Waals surface area contributed by atoms with E-state index in [0.717, 1.165) is 11.1 Å². The summed E-state index contributed by atoms with van der Waals surface area (Å²) in [5, 5.41) is 0. The van der Waals surface area contributed by atoms with Gasteiger partial charge in [-0.3, -0.25) is 4.79 Å². The van der Waals surface area contributed by atoms with E-state index in [0.29, 0.717) is 42.3 Å². The molecule has 26 heavy (non-hydrogen) atoms. The van der Waals surface area contributed by atoms with E-state index in [1.54, 1.807) is 29.2 Å². The molecule has 2 aromatic carbocycles. The number of rotatable bonds is 5. The lowest BCUT2D eigenvalue weighted by Crippen LogP contribution is -2.37. The molecular weight excluding hydrogens is 352 g/mol. The van der Waals surface area contributed by atoms with Crippen LogP contribution in [0.2, 0.25) is 0 Å². The molecule has 0 radical (unpaired) electrons. The number of fused-ring (bicyclic) bond motifs is 1. The van der Waals surface area contributed by atoms with Gasteiger partial charge in [0.05, 0.1) is 17.1 Å². The Morgan fingerprint density at radius 3 is 2.69 bits per heavy atom. The van der Waals surface area contributed by atoms with Crippen LogP contribution in [-0.2, 0) is 23.0 Å². The van der Waals surface area contributed by atoms with E-state index in [1.807, 2.05) is 25.1 Å². The van der Waals surface area contributed by atoms with Crippen LogP contribution in [0, 0.1) is 0 Å². The summed E-state index contributed by atoms with van der Waals surface area (Å²) in [6, 6.07) is 12.4. The van der Waals surface area contributed by atoms with Crippen molar-refractivity contribution < 1.29 is 17.9 Å². The summed E-state index contributed by atoms with van der Waals surface area (Å²) in [4.78, 5) is 15.0. The van der Waals surface area contributed by atoms with Gasteiger partial charge in [0, 0.05) is 13.1 Å². The molecule has 1 amide bonds. The normalized spacial score (nSPS) is 14.0. The minimum atomic E-state index is -3.52. The zero-order valence-electron chi connectivity index (χ0n) is 14.9. The Balaban J connectivity index is 1.90. The molecule has 0 aromatic heterocycles. The summed E-state index contributed by atoms with van der Waals surface area (Å²) >= 11 is 0. The minimum Gasteiger partial charge on any atom is -0.493 e. The van der Waals surface area contributed by atoms with Crippen LogP contribution in [0.1, 0.15) is 28.4 Å². The fraction of sp³-hybridized carbons (Fsp3) is 0.316. The summed E-state index contributed by atoms with van der Waals surface area (Å²) in [5.41, 5.74) is 2.16. The van der Waals surface area contributed by atoms with Gasteiger partial charge in [-0.05, 0) is 49.7 Å². The van der Waals surface area contributed by atoms with E-state index in [1.165, 1.54) is 7.05 Å². The van der Waals surface area contributed by atoms with Crippen LogP contribution in [0.15, 0.2) is 47.4 Å². The van der Waals surface area contributed by atoms with Gasteiger partial charge in [0.1, 0.15) is 5.75 Å². The largest absolute Gasteiger partial charge is 0.493 e. The number of benzene rings is 2. The van der Waals surface area contributed by atoms with Crippen LogP contribution in [-0.4, -0.2) is 39.4 Å². The first kappa shape index (κ1) is 18.4. The molecule has 1 aliphatic heterocycles. The van der Waals surface area contributed by atoms with Gasteiger partial charge < -0.3 is 9.64 Å². The average molecular weight is 374 g/mol. The Morgan fingerprint density at radius 1 is 1.19 bits per heavy atom. The quantitative estimate of drug-likeness (QED) is 0.870. The average Bonchev–Trinajstić information content (AvgIpc) is 2.67. The Hall–Kier alpha value is -2.38. The fourth-order valence-corrected chi connectivity index (χ4v) is 4.24. The van der Waals surface area contributed by atoms with Crippen LogP contribution < -0.4 is 9.46 Å². The second kappa shape index (κ2) is 7.47. The number of hydrogen-bond acceptors (Lipinski definition) is 4. The van der Waals surface area contributed by atoms with E-state index < -0.39 is 10.0 Å². The molecule has 0 bridgehead atoms. The molecule has 0 spiro atoms. The molecule has 6 nitrogen and oxygen atoms in total. The van der Waals surface area contributed by atoms with Crippen LogP contribution in [0.5, 0.6) is 5.75 Å². The molecule has 1 heterocycles. The third-order valence-corrected chi connectivity index (χ3v) is 5.98. The zero-order chi connectivity index (χ0) is 18.7. The number of sulfonamides is 1. The van der Waals surface area contributed by atoms with Crippen molar-refractivity contribution in [3.63, 3.8) is 0 Å². The SMILES string of the molecule is CCOc1ccccc1C(=O)N1CCc2c(cccc2S(=O)(=O)NC)C1. The summed E-state index contributed by atoms with van der Waals surface area (Å²) in [7, 11) is -2.12. The zero-order valence-corrected chi connectivity index (χ0v) is 15.7. The smallest absolute Gasteiger partial charge is 0.257 e. The number of para-hydroxylation sites is 1. The second-order valence-electron chi connectivity index (χ2n) is 6.01.